The first-order chi connectivity index (χ1) is 9.15. The normalized spacial score (nSPS) is 10.6. The summed E-state index contributed by atoms with van der Waals surface area (Å²) in [7, 11) is 1.84. The fourth-order valence-corrected chi connectivity index (χ4v) is 2.04. The van der Waals surface area contributed by atoms with Crippen LogP contribution in [0, 0.1) is 5.92 Å². The molecular formula is C15H25N3O. The Morgan fingerprint density at radius 2 is 2.00 bits per heavy atom. The molecule has 1 N–H and O–H groups in total. The molecule has 0 bridgehead atoms. The molecule has 4 nitrogen and oxygen atoms in total. The SMILES string of the molecule is CCC(CC)CN(CC)C(=O)c1ccc(NC)cn1. The van der Waals surface area contributed by atoms with Crippen LogP contribution in [0.15, 0.2) is 18.3 Å². The van der Waals surface area contributed by atoms with Crippen molar-refractivity contribution in [2.24, 2.45) is 5.92 Å². The van der Waals surface area contributed by atoms with Crippen LogP contribution in [0.4, 0.5) is 5.69 Å². The van der Waals surface area contributed by atoms with E-state index in [2.05, 4.69) is 24.1 Å². The van der Waals surface area contributed by atoms with E-state index in [-0.39, 0.29) is 5.91 Å². The van der Waals surface area contributed by atoms with Crippen LogP contribution in [-0.2, 0) is 0 Å². The summed E-state index contributed by atoms with van der Waals surface area (Å²) in [6.07, 6.45) is 3.90. The van der Waals surface area contributed by atoms with Gasteiger partial charge in [-0.1, -0.05) is 26.7 Å². The maximum atomic E-state index is 12.4. The molecule has 0 aliphatic rings. The van der Waals surface area contributed by atoms with Gasteiger partial charge >= 0.3 is 0 Å². The lowest BCUT2D eigenvalue weighted by molar-refractivity contribution is 0.0729. The van der Waals surface area contributed by atoms with Crippen molar-refractivity contribution in [2.75, 3.05) is 25.5 Å². The standard InChI is InChI=1S/C15H25N3O/c1-5-12(6-2)11-18(7-3)15(19)14-9-8-13(16-4)10-17-14/h8-10,12,16H,5-7,11H2,1-4H3. The molecule has 0 fully saturated rings. The zero-order valence-corrected chi connectivity index (χ0v) is 12.4. The summed E-state index contributed by atoms with van der Waals surface area (Å²) in [6.45, 7) is 7.91. The average molecular weight is 263 g/mol. The van der Waals surface area contributed by atoms with Crippen LogP contribution in [-0.4, -0.2) is 35.9 Å². The number of aromatic nitrogens is 1. The lowest BCUT2D eigenvalue weighted by Crippen LogP contribution is -2.35. The molecule has 19 heavy (non-hydrogen) atoms. The molecule has 0 radical (unpaired) electrons. The highest BCUT2D eigenvalue weighted by Gasteiger charge is 2.18. The van der Waals surface area contributed by atoms with Gasteiger partial charge in [0.05, 0.1) is 11.9 Å². The third-order valence-electron chi connectivity index (χ3n) is 3.57. The van der Waals surface area contributed by atoms with Gasteiger partial charge in [0.15, 0.2) is 0 Å². The van der Waals surface area contributed by atoms with Crippen LogP contribution < -0.4 is 5.32 Å². The van der Waals surface area contributed by atoms with Crippen molar-refractivity contribution in [3.63, 3.8) is 0 Å². The van der Waals surface area contributed by atoms with Crippen LogP contribution >= 0.6 is 0 Å². The molecule has 0 saturated carbocycles. The average Bonchev–Trinajstić information content (AvgIpc) is 2.48. The summed E-state index contributed by atoms with van der Waals surface area (Å²) in [6, 6.07) is 3.66. The van der Waals surface area contributed by atoms with Gasteiger partial charge in [-0.3, -0.25) is 4.79 Å². The molecule has 1 aromatic heterocycles. The lowest BCUT2D eigenvalue weighted by atomic mass is 10.0. The highest BCUT2D eigenvalue weighted by Crippen LogP contribution is 2.13. The zero-order chi connectivity index (χ0) is 14.3. The number of amides is 1. The van der Waals surface area contributed by atoms with Crippen molar-refractivity contribution in [1.29, 1.82) is 0 Å². The second-order valence-electron chi connectivity index (χ2n) is 4.71. The Morgan fingerprint density at radius 3 is 2.42 bits per heavy atom. The molecule has 106 valence electrons. The Kier molecular flexibility index (Phi) is 6.33. The molecule has 0 unspecified atom stereocenters. The Morgan fingerprint density at radius 1 is 1.32 bits per heavy atom. The van der Waals surface area contributed by atoms with Gasteiger partial charge in [-0.2, -0.15) is 0 Å². The number of hydrogen-bond donors (Lipinski definition) is 1. The van der Waals surface area contributed by atoms with Crippen molar-refractivity contribution in [2.45, 2.75) is 33.6 Å². The summed E-state index contributed by atoms with van der Waals surface area (Å²) >= 11 is 0. The molecule has 0 saturated heterocycles. The van der Waals surface area contributed by atoms with Crippen molar-refractivity contribution < 1.29 is 4.79 Å². The van der Waals surface area contributed by atoms with E-state index in [1.54, 1.807) is 12.3 Å². The van der Waals surface area contributed by atoms with Gasteiger partial charge in [0.25, 0.3) is 5.91 Å². The highest BCUT2D eigenvalue weighted by molar-refractivity contribution is 5.92. The maximum Gasteiger partial charge on any atom is 0.272 e. The third-order valence-corrected chi connectivity index (χ3v) is 3.57. The van der Waals surface area contributed by atoms with Gasteiger partial charge in [-0.15, -0.1) is 0 Å². The first-order valence-electron chi connectivity index (χ1n) is 7.09. The minimum Gasteiger partial charge on any atom is -0.387 e. The third kappa shape index (κ3) is 4.23. The highest BCUT2D eigenvalue weighted by atomic mass is 16.2. The first-order valence-corrected chi connectivity index (χ1v) is 7.09. The van der Waals surface area contributed by atoms with Gasteiger partial charge in [-0.25, -0.2) is 4.98 Å². The van der Waals surface area contributed by atoms with Crippen LogP contribution in [0.2, 0.25) is 0 Å². The van der Waals surface area contributed by atoms with E-state index in [9.17, 15) is 4.79 Å². The number of carbonyl (C=O) groups is 1. The molecule has 0 aromatic carbocycles. The Balaban J connectivity index is 2.76. The molecule has 0 aliphatic heterocycles. The molecule has 0 atom stereocenters. The van der Waals surface area contributed by atoms with Crippen molar-refractivity contribution >= 4 is 11.6 Å². The van der Waals surface area contributed by atoms with Crippen LogP contribution in [0.25, 0.3) is 0 Å². The lowest BCUT2D eigenvalue weighted by Gasteiger charge is -2.25. The molecule has 1 heterocycles. The summed E-state index contributed by atoms with van der Waals surface area (Å²) in [4.78, 5) is 18.5. The number of hydrogen-bond acceptors (Lipinski definition) is 3. The van der Waals surface area contributed by atoms with E-state index in [4.69, 9.17) is 0 Å². The van der Waals surface area contributed by atoms with Gasteiger partial charge in [0.2, 0.25) is 0 Å². The minimum absolute atomic E-state index is 0.0250. The molecular weight excluding hydrogens is 238 g/mol. The minimum atomic E-state index is 0.0250. The number of nitrogens with zero attached hydrogens (tertiary/aromatic N) is 2. The first kappa shape index (κ1) is 15.5. The van der Waals surface area contributed by atoms with Crippen molar-refractivity contribution in [3.05, 3.63) is 24.0 Å². The molecule has 1 rings (SSSR count). The van der Waals surface area contributed by atoms with Crippen molar-refractivity contribution in [1.82, 2.24) is 9.88 Å². The number of nitrogens with one attached hydrogen (secondary N) is 1. The maximum absolute atomic E-state index is 12.4. The van der Waals surface area contributed by atoms with Gasteiger partial charge in [-0.05, 0) is 25.0 Å². The zero-order valence-electron chi connectivity index (χ0n) is 12.4. The van der Waals surface area contributed by atoms with E-state index in [1.165, 1.54) is 0 Å². The summed E-state index contributed by atoms with van der Waals surface area (Å²) in [5.41, 5.74) is 1.44. The van der Waals surface area contributed by atoms with Crippen molar-refractivity contribution in [3.8, 4) is 0 Å². The number of anilines is 1. The number of carbonyl (C=O) groups excluding carboxylic acids is 1. The Hall–Kier alpha value is -1.58. The quantitative estimate of drug-likeness (QED) is 0.822. The predicted molar refractivity (Wildman–Crippen MR) is 79.4 cm³/mol. The fourth-order valence-electron chi connectivity index (χ4n) is 2.04. The molecule has 1 aromatic rings. The number of pyridine rings is 1. The molecule has 0 spiro atoms. The van der Waals surface area contributed by atoms with Gasteiger partial charge in [0, 0.05) is 20.1 Å². The topological polar surface area (TPSA) is 45.2 Å². The summed E-state index contributed by atoms with van der Waals surface area (Å²) in [5, 5.41) is 3.00. The molecule has 0 aliphatic carbocycles. The number of rotatable bonds is 7. The van der Waals surface area contributed by atoms with Crippen LogP contribution in [0.3, 0.4) is 0 Å². The fraction of sp³-hybridized carbons (Fsp3) is 0.600. The van der Waals surface area contributed by atoms with E-state index in [0.717, 1.165) is 31.6 Å². The van der Waals surface area contributed by atoms with Gasteiger partial charge in [0.1, 0.15) is 5.69 Å². The Bertz CT molecular complexity index is 385. The smallest absolute Gasteiger partial charge is 0.272 e. The second-order valence-corrected chi connectivity index (χ2v) is 4.71. The van der Waals surface area contributed by atoms with E-state index >= 15 is 0 Å². The van der Waals surface area contributed by atoms with Gasteiger partial charge < -0.3 is 10.2 Å². The molecule has 4 heteroatoms. The summed E-state index contributed by atoms with van der Waals surface area (Å²) in [5.74, 6) is 0.595. The van der Waals surface area contributed by atoms with Crippen LogP contribution in [0.5, 0.6) is 0 Å². The van der Waals surface area contributed by atoms with E-state index in [0.29, 0.717) is 11.6 Å². The van der Waals surface area contributed by atoms with E-state index < -0.39 is 0 Å². The van der Waals surface area contributed by atoms with E-state index in [1.807, 2.05) is 24.9 Å². The Labute approximate surface area is 116 Å². The largest absolute Gasteiger partial charge is 0.387 e. The molecule has 1 amide bonds. The predicted octanol–water partition coefficient (Wildman–Crippen LogP) is 3.02. The monoisotopic (exact) mass is 263 g/mol. The second kappa shape index (κ2) is 7.77. The van der Waals surface area contributed by atoms with Crippen LogP contribution in [0.1, 0.15) is 44.1 Å². The summed E-state index contributed by atoms with van der Waals surface area (Å²) < 4.78 is 0.